The molecule has 0 fully saturated rings. The van der Waals surface area contributed by atoms with E-state index in [1.165, 1.54) is 43.3 Å². The van der Waals surface area contributed by atoms with Crippen LogP contribution in [0.3, 0.4) is 0 Å². The van der Waals surface area contributed by atoms with Crippen molar-refractivity contribution >= 4 is 29.4 Å². The van der Waals surface area contributed by atoms with Crippen LogP contribution < -0.4 is 5.32 Å². The van der Waals surface area contributed by atoms with Crippen LogP contribution in [0.2, 0.25) is 0 Å². The molecule has 4 rings (SSSR count). The average Bonchev–Trinajstić information content (AvgIpc) is 3.09. The van der Waals surface area contributed by atoms with Crippen molar-refractivity contribution in [3.63, 3.8) is 0 Å². The zero-order chi connectivity index (χ0) is 23.5. The van der Waals surface area contributed by atoms with Gasteiger partial charge in [0.05, 0.1) is 11.1 Å². The molecular formula is C25H19FN2O5. The van der Waals surface area contributed by atoms with Crippen LogP contribution in [0.15, 0.2) is 78.9 Å². The fourth-order valence-electron chi connectivity index (χ4n) is 3.52. The second-order valence-electron chi connectivity index (χ2n) is 7.43. The molecule has 0 radical (unpaired) electrons. The largest absolute Gasteiger partial charge is 0.446 e. The van der Waals surface area contributed by atoms with Gasteiger partial charge < -0.3 is 10.1 Å². The van der Waals surface area contributed by atoms with Crippen LogP contribution >= 0.6 is 0 Å². The number of fused-ring (bicyclic) bond motifs is 1. The summed E-state index contributed by atoms with van der Waals surface area (Å²) in [7, 11) is 0. The van der Waals surface area contributed by atoms with E-state index in [1.54, 1.807) is 42.5 Å². The molecule has 0 saturated heterocycles. The molecule has 3 aromatic carbocycles. The van der Waals surface area contributed by atoms with Crippen LogP contribution in [0.5, 0.6) is 0 Å². The Morgan fingerprint density at radius 2 is 1.39 bits per heavy atom. The van der Waals surface area contributed by atoms with Gasteiger partial charge in [0.15, 0.2) is 0 Å². The molecule has 1 aliphatic rings. The number of ether oxygens (including phenoxy) is 1. The monoisotopic (exact) mass is 446 g/mol. The van der Waals surface area contributed by atoms with Gasteiger partial charge in [-0.25, -0.2) is 9.18 Å². The molecule has 2 atom stereocenters. The molecule has 0 aliphatic carbocycles. The van der Waals surface area contributed by atoms with Crippen LogP contribution in [-0.4, -0.2) is 34.6 Å². The maximum absolute atomic E-state index is 13.2. The number of halogens is 1. The summed E-state index contributed by atoms with van der Waals surface area (Å²) in [6.45, 7) is 1.37. The number of nitrogens with zero attached hydrogens (tertiary/aromatic N) is 1. The Kier molecular flexibility index (Phi) is 5.99. The van der Waals surface area contributed by atoms with Gasteiger partial charge in [0.1, 0.15) is 11.9 Å². The third-order valence-corrected chi connectivity index (χ3v) is 5.24. The lowest BCUT2D eigenvalue weighted by Gasteiger charge is -2.24. The molecular weight excluding hydrogens is 427 g/mol. The molecule has 1 heterocycles. The molecule has 166 valence electrons. The topological polar surface area (TPSA) is 92.8 Å². The molecule has 0 aromatic heterocycles. The molecule has 0 bridgehead atoms. The van der Waals surface area contributed by atoms with Crippen LogP contribution in [0.25, 0.3) is 0 Å². The zero-order valence-electron chi connectivity index (χ0n) is 17.5. The smallest absolute Gasteiger partial charge is 0.330 e. The van der Waals surface area contributed by atoms with Crippen LogP contribution in [-0.2, 0) is 14.3 Å². The maximum atomic E-state index is 13.2. The van der Waals surface area contributed by atoms with Gasteiger partial charge in [-0.05, 0) is 43.3 Å². The second-order valence-corrected chi connectivity index (χ2v) is 7.43. The predicted molar refractivity (Wildman–Crippen MR) is 117 cm³/mol. The number of hydrogen-bond donors (Lipinski definition) is 1. The number of carbonyl (C=O) groups excluding carboxylic acids is 4. The number of rotatable bonds is 6. The van der Waals surface area contributed by atoms with Gasteiger partial charge in [0.2, 0.25) is 6.10 Å². The molecule has 1 N–H and O–H groups in total. The Labute approximate surface area is 188 Å². The molecule has 0 spiro atoms. The molecule has 3 aromatic rings. The second kappa shape index (κ2) is 9.04. The van der Waals surface area contributed by atoms with E-state index in [0.29, 0.717) is 11.3 Å². The summed E-state index contributed by atoms with van der Waals surface area (Å²) in [5.74, 6) is -3.27. The van der Waals surface area contributed by atoms with E-state index in [9.17, 15) is 23.6 Å². The highest BCUT2D eigenvalue weighted by molar-refractivity contribution is 6.22. The van der Waals surface area contributed by atoms with Gasteiger partial charge in [0, 0.05) is 11.3 Å². The van der Waals surface area contributed by atoms with Gasteiger partial charge in [-0.3, -0.25) is 19.3 Å². The predicted octanol–water partition coefficient (Wildman–Crippen LogP) is 3.73. The van der Waals surface area contributed by atoms with Crippen LogP contribution in [0, 0.1) is 5.82 Å². The number of carbonyl (C=O) groups is 4. The van der Waals surface area contributed by atoms with E-state index >= 15 is 0 Å². The highest BCUT2D eigenvalue weighted by atomic mass is 19.1. The van der Waals surface area contributed by atoms with E-state index in [4.69, 9.17) is 4.74 Å². The summed E-state index contributed by atoms with van der Waals surface area (Å²) in [5, 5.41) is 2.58. The first kappa shape index (κ1) is 21.9. The lowest BCUT2D eigenvalue weighted by molar-refractivity contribution is -0.158. The molecule has 3 amide bonds. The van der Waals surface area contributed by atoms with Crippen molar-refractivity contribution in [2.45, 2.75) is 19.1 Å². The lowest BCUT2D eigenvalue weighted by Crippen LogP contribution is -2.44. The number of anilines is 1. The Morgan fingerprint density at radius 1 is 0.848 bits per heavy atom. The molecule has 0 saturated carbocycles. The van der Waals surface area contributed by atoms with E-state index < -0.39 is 41.7 Å². The number of hydrogen-bond acceptors (Lipinski definition) is 5. The fourth-order valence-corrected chi connectivity index (χ4v) is 3.52. The third kappa shape index (κ3) is 4.36. The highest BCUT2D eigenvalue weighted by Gasteiger charge is 2.42. The number of benzene rings is 3. The van der Waals surface area contributed by atoms with E-state index in [-0.39, 0.29) is 11.1 Å². The Bertz CT molecular complexity index is 1190. The summed E-state index contributed by atoms with van der Waals surface area (Å²) in [4.78, 5) is 52.1. The number of nitrogens with one attached hydrogen (secondary N) is 1. The van der Waals surface area contributed by atoms with Crippen LogP contribution in [0.4, 0.5) is 10.1 Å². The first-order valence-electron chi connectivity index (χ1n) is 10.2. The highest BCUT2D eigenvalue weighted by Crippen LogP contribution is 2.27. The minimum Gasteiger partial charge on any atom is -0.446 e. The Morgan fingerprint density at radius 3 is 1.97 bits per heavy atom. The SMILES string of the molecule is C[C@H](C(=O)O[C@@H](C(=O)Nc1ccc(F)cc1)c1ccccc1)N1C(=O)c2ccccc2C1=O. The minimum absolute atomic E-state index is 0.204. The van der Waals surface area contributed by atoms with Crippen molar-refractivity contribution in [3.8, 4) is 0 Å². The molecule has 0 unspecified atom stereocenters. The van der Waals surface area contributed by atoms with E-state index in [2.05, 4.69) is 5.32 Å². The van der Waals surface area contributed by atoms with E-state index in [0.717, 1.165) is 4.90 Å². The summed E-state index contributed by atoms with van der Waals surface area (Å²) in [6, 6.07) is 18.4. The molecule has 7 nitrogen and oxygen atoms in total. The zero-order valence-corrected chi connectivity index (χ0v) is 17.5. The van der Waals surface area contributed by atoms with Gasteiger partial charge in [-0.15, -0.1) is 0 Å². The third-order valence-electron chi connectivity index (χ3n) is 5.24. The normalized spacial score (nSPS) is 14.4. The van der Waals surface area contributed by atoms with Gasteiger partial charge in [-0.1, -0.05) is 42.5 Å². The van der Waals surface area contributed by atoms with Crippen molar-refractivity contribution in [1.82, 2.24) is 4.90 Å². The Balaban J connectivity index is 1.55. The number of amides is 3. The summed E-state index contributed by atoms with van der Waals surface area (Å²) >= 11 is 0. The maximum Gasteiger partial charge on any atom is 0.330 e. The van der Waals surface area contributed by atoms with Gasteiger partial charge in [0.25, 0.3) is 17.7 Å². The summed E-state index contributed by atoms with van der Waals surface area (Å²) < 4.78 is 18.7. The van der Waals surface area contributed by atoms with Crippen LogP contribution in [0.1, 0.15) is 39.3 Å². The lowest BCUT2D eigenvalue weighted by atomic mass is 10.1. The molecule has 8 heteroatoms. The van der Waals surface area contributed by atoms with Crippen molar-refractivity contribution in [1.29, 1.82) is 0 Å². The first-order valence-corrected chi connectivity index (χ1v) is 10.2. The molecule has 1 aliphatic heterocycles. The first-order chi connectivity index (χ1) is 15.9. The van der Waals surface area contributed by atoms with Gasteiger partial charge >= 0.3 is 5.97 Å². The Hall–Kier alpha value is -4.33. The number of esters is 1. The van der Waals surface area contributed by atoms with Crippen molar-refractivity contribution < 1.29 is 28.3 Å². The average molecular weight is 446 g/mol. The fraction of sp³-hybridized carbons (Fsp3) is 0.120. The van der Waals surface area contributed by atoms with Gasteiger partial charge in [-0.2, -0.15) is 0 Å². The minimum atomic E-state index is -1.36. The number of imide groups is 1. The van der Waals surface area contributed by atoms with Crippen molar-refractivity contribution in [2.24, 2.45) is 0 Å². The standard InChI is InChI=1S/C25H19FN2O5/c1-15(28-23(30)19-9-5-6-10-20(19)24(28)31)25(32)33-21(16-7-3-2-4-8-16)22(29)27-18-13-11-17(26)12-14-18/h2-15,21H,1H3,(H,27,29)/t15-,21-/m1/s1. The quantitative estimate of drug-likeness (QED) is 0.460. The molecule has 33 heavy (non-hydrogen) atoms. The van der Waals surface area contributed by atoms with Crippen molar-refractivity contribution in [3.05, 3.63) is 101 Å². The summed E-state index contributed by atoms with van der Waals surface area (Å²) in [5.41, 5.74) is 1.11. The summed E-state index contributed by atoms with van der Waals surface area (Å²) in [6.07, 6.45) is -1.36. The van der Waals surface area contributed by atoms with E-state index in [1.807, 2.05) is 0 Å². The van der Waals surface area contributed by atoms with Crippen molar-refractivity contribution in [2.75, 3.05) is 5.32 Å².